The molecule has 0 aromatic carbocycles. The van der Waals surface area contributed by atoms with Gasteiger partial charge in [0.05, 0.1) is 0 Å². The van der Waals surface area contributed by atoms with Crippen molar-refractivity contribution in [3.05, 3.63) is 31.2 Å². The first-order valence-corrected chi connectivity index (χ1v) is 8.01. The van der Waals surface area contributed by atoms with Gasteiger partial charge in [0.15, 0.2) is 0 Å². The number of hydrogen-bond acceptors (Lipinski definition) is 0. The highest BCUT2D eigenvalue weighted by atomic mass is 14.0. The van der Waals surface area contributed by atoms with Gasteiger partial charge in [-0.2, -0.15) is 0 Å². The van der Waals surface area contributed by atoms with Crippen molar-refractivity contribution >= 4 is 0 Å². The first-order chi connectivity index (χ1) is 8.91. The molecule has 0 aliphatic carbocycles. The summed E-state index contributed by atoms with van der Waals surface area (Å²) in [6.45, 7) is 6.05. The Kier molecular flexibility index (Phi) is 16.0. The summed E-state index contributed by atoms with van der Waals surface area (Å²) in [4.78, 5) is 0. The molecule has 0 fully saturated rings. The Labute approximate surface area is 116 Å². The molecule has 105 valence electrons. The minimum Gasteiger partial charge on any atom is -0.0882 e. The molecule has 0 aliphatic rings. The van der Waals surface area contributed by atoms with Gasteiger partial charge in [0.25, 0.3) is 0 Å². The molecule has 0 nitrogen and oxygen atoms in total. The van der Waals surface area contributed by atoms with E-state index in [-0.39, 0.29) is 0 Å². The zero-order chi connectivity index (χ0) is 13.3. The van der Waals surface area contributed by atoms with Crippen molar-refractivity contribution < 1.29 is 0 Å². The first kappa shape index (κ1) is 17.5. The quantitative estimate of drug-likeness (QED) is 0.254. The molecule has 0 bridgehead atoms. The average molecular weight is 249 g/mol. The van der Waals surface area contributed by atoms with E-state index < -0.39 is 0 Å². The maximum atomic E-state index is 3.77. The lowest BCUT2D eigenvalue weighted by Crippen LogP contribution is -1.80. The summed E-state index contributed by atoms with van der Waals surface area (Å²) in [5, 5.41) is 0. The molecular formula is C18H33. The van der Waals surface area contributed by atoms with Crippen molar-refractivity contribution in [3.63, 3.8) is 0 Å². The van der Waals surface area contributed by atoms with Crippen LogP contribution in [0.25, 0.3) is 0 Å². The van der Waals surface area contributed by atoms with Crippen LogP contribution >= 0.6 is 0 Å². The number of hydrogen-bond donors (Lipinski definition) is 0. The normalized spacial score (nSPS) is 11.9. The minimum absolute atomic E-state index is 0.909. The Morgan fingerprint density at radius 3 is 1.83 bits per heavy atom. The van der Waals surface area contributed by atoms with Gasteiger partial charge in [-0.1, -0.05) is 82.6 Å². The third-order valence-electron chi connectivity index (χ3n) is 3.25. The van der Waals surface area contributed by atoms with E-state index in [1.54, 1.807) is 0 Å². The fraction of sp³-hybridized carbons (Fsp3) is 0.722. The van der Waals surface area contributed by atoms with Gasteiger partial charge >= 0.3 is 0 Å². The van der Waals surface area contributed by atoms with Gasteiger partial charge in [0.2, 0.25) is 0 Å². The molecule has 0 spiro atoms. The van der Waals surface area contributed by atoms with Crippen LogP contribution in [0.5, 0.6) is 0 Å². The largest absolute Gasteiger partial charge is 0.0882 e. The summed E-state index contributed by atoms with van der Waals surface area (Å²) in [7, 11) is 0. The van der Waals surface area contributed by atoms with Gasteiger partial charge in [-0.25, -0.2) is 0 Å². The maximum Gasteiger partial charge on any atom is -0.0169 e. The average Bonchev–Trinajstić information content (AvgIpc) is 2.39. The van der Waals surface area contributed by atoms with Crippen molar-refractivity contribution in [2.75, 3.05) is 0 Å². The van der Waals surface area contributed by atoms with Crippen LogP contribution in [-0.2, 0) is 0 Å². The molecule has 0 amide bonds. The van der Waals surface area contributed by atoms with Gasteiger partial charge in [0.1, 0.15) is 0 Å². The number of allylic oxidation sites excluding steroid dienone is 4. The molecule has 0 rings (SSSR count). The summed E-state index contributed by atoms with van der Waals surface area (Å²) in [5.41, 5.74) is 0. The molecule has 0 heterocycles. The zero-order valence-electron chi connectivity index (χ0n) is 12.5. The van der Waals surface area contributed by atoms with Crippen LogP contribution in [0.4, 0.5) is 0 Å². The smallest absolute Gasteiger partial charge is 0.0169 e. The summed E-state index contributed by atoms with van der Waals surface area (Å²) in [5.74, 6) is 0. The molecular weight excluding hydrogens is 216 g/mol. The summed E-state index contributed by atoms with van der Waals surface area (Å²) in [6.07, 6.45) is 24.9. The second kappa shape index (κ2) is 16.5. The van der Waals surface area contributed by atoms with E-state index in [9.17, 15) is 0 Å². The van der Waals surface area contributed by atoms with Gasteiger partial charge in [0, 0.05) is 0 Å². The van der Waals surface area contributed by atoms with E-state index in [1.165, 1.54) is 64.2 Å². The molecule has 0 saturated carbocycles. The van der Waals surface area contributed by atoms with Crippen LogP contribution in [0.15, 0.2) is 24.3 Å². The second-order valence-electron chi connectivity index (χ2n) is 5.08. The molecule has 1 radical (unpaired) electrons. The maximum absolute atomic E-state index is 3.77. The molecule has 0 aliphatic heterocycles. The predicted molar refractivity (Wildman–Crippen MR) is 84.7 cm³/mol. The van der Waals surface area contributed by atoms with Gasteiger partial charge in [-0.15, -0.1) is 0 Å². The van der Waals surface area contributed by atoms with Crippen LogP contribution < -0.4 is 0 Å². The van der Waals surface area contributed by atoms with E-state index in [4.69, 9.17) is 0 Å². The number of rotatable bonds is 13. The van der Waals surface area contributed by atoms with Crippen molar-refractivity contribution in [1.82, 2.24) is 0 Å². The number of unbranched alkanes of at least 4 members (excludes halogenated alkanes) is 9. The van der Waals surface area contributed by atoms with Crippen LogP contribution in [0.1, 0.15) is 84.0 Å². The van der Waals surface area contributed by atoms with Gasteiger partial charge in [-0.3, -0.25) is 0 Å². The van der Waals surface area contributed by atoms with Crippen molar-refractivity contribution in [2.24, 2.45) is 0 Å². The first-order valence-electron chi connectivity index (χ1n) is 8.01. The minimum atomic E-state index is 0.909. The van der Waals surface area contributed by atoms with Crippen LogP contribution in [0.3, 0.4) is 0 Å². The van der Waals surface area contributed by atoms with E-state index in [0.29, 0.717) is 0 Å². The van der Waals surface area contributed by atoms with E-state index in [0.717, 1.165) is 12.8 Å². The van der Waals surface area contributed by atoms with E-state index in [2.05, 4.69) is 38.2 Å². The fourth-order valence-corrected chi connectivity index (χ4v) is 2.08. The van der Waals surface area contributed by atoms with Crippen molar-refractivity contribution in [1.29, 1.82) is 0 Å². The van der Waals surface area contributed by atoms with Crippen LogP contribution in [-0.4, -0.2) is 0 Å². The van der Waals surface area contributed by atoms with Crippen molar-refractivity contribution in [2.45, 2.75) is 84.0 Å². The Hall–Kier alpha value is -0.520. The lowest BCUT2D eigenvalue weighted by Gasteiger charge is -2.00. The monoisotopic (exact) mass is 249 g/mol. The molecule has 0 aromatic rings. The third-order valence-corrected chi connectivity index (χ3v) is 3.25. The Bertz CT molecular complexity index is 188. The highest BCUT2D eigenvalue weighted by Gasteiger charge is 1.90. The molecule has 0 heteroatoms. The topological polar surface area (TPSA) is 0 Å². The van der Waals surface area contributed by atoms with Gasteiger partial charge < -0.3 is 0 Å². The van der Waals surface area contributed by atoms with Gasteiger partial charge in [-0.05, 0) is 32.6 Å². The summed E-state index contributed by atoms with van der Waals surface area (Å²) in [6, 6.07) is 0. The van der Waals surface area contributed by atoms with E-state index >= 15 is 0 Å². The molecule has 18 heavy (non-hydrogen) atoms. The van der Waals surface area contributed by atoms with Crippen molar-refractivity contribution in [3.8, 4) is 0 Å². The second-order valence-corrected chi connectivity index (χ2v) is 5.08. The highest BCUT2D eigenvalue weighted by Crippen LogP contribution is 2.10. The standard InChI is InChI=1S/C18H33/c1-3-5-7-9-11-13-15-17-18-16-14-12-10-8-6-4-2/h5,7,11,13H,1,3-4,6,8-10,12,14-18H2,2H3. The molecule has 0 atom stereocenters. The van der Waals surface area contributed by atoms with Crippen LogP contribution in [0, 0.1) is 6.92 Å². The predicted octanol–water partition coefficient (Wildman–Crippen LogP) is 6.63. The lowest BCUT2D eigenvalue weighted by atomic mass is 10.1. The third kappa shape index (κ3) is 15.5. The Morgan fingerprint density at radius 1 is 0.667 bits per heavy atom. The van der Waals surface area contributed by atoms with E-state index in [1.807, 2.05) is 0 Å². The summed E-state index contributed by atoms with van der Waals surface area (Å²) >= 11 is 0. The zero-order valence-corrected chi connectivity index (χ0v) is 12.5. The molecule has 0 N–H and O–H groups in total. The highest BCUT2D eigenvalue weighted by molar-refractivity contribution is 4.92. The SMILES string of the molecule is [CH2]CC=CCC=CCCCCCCCCCCC. The fourth-order valence-electron chi connectivity index (χ4n) is 2.08. The Morgan fingerprint density at radius 2 is 1.22 bits per heavy atom. The summed E-state index contributed by atoms with van der Waals surface area (Å²) < 4.78 is 0. The molecule has 0 unspecified atom stereocenters. The van der Waals surface area contributed by atoms with Crippen LogP contribution in [0.2, 0.25) is 0 Å². The molecule has 0 saturated heterocycles. The lowest BCUT2D eigenvalue weighted by molar-refractivity contribution is 0.566. The molecule has 0 aromatic heterocycles. The Balaban J connectivity index is 3.04.